The van der Waals surface area contributed by atoms with Gasteiger partial charge in [0.15, 0.2) is 5.67 Å². The minimum atomic E-state index is -1.97. The van der Waals surface area contributed by atoms with Crippen molar-refractivity contribution >= 4 is 45.9 Å². The number of aliphatic hydroxyl groups excluding tert-OH is 1. The second-order valence-corrected chi connectivity index (χ2v) is 19.0. The molecule has 15 nitrogen and oxygen atoms in total. The second kappa shape index (κ2) is 20.1. The molecular formula is C48H58FN7O8S. The number of likely N-dealkylation sites (tertiary alicyclic amines) is 1. The number of nitrogens with one attached hydrogen (secondary N) is 3. The van der Waals surface area contributed by atoms with Gasteiger partial charge in [-0.1, -0.05) is 51.1 Å². The van der Waals surface area contributed by atoms with Gasteiger partial charge in [-0.05, 0) is 91.6 Å². The van der Waals surface area contributed by atoms with Crippen LogP contribution in [0, 0.1) is 12.3 Å². The fourth-order valence-electron chi connectivity index (χ4n) is 8.06. The molecule has 1 saturated carbocycles. The molecule has 2 fully saturated rings. The van der Waals surface area contributed by atoms with Crippen LogP contribution in [0.5, 0.6) is 11.5 Å². The lowest BCUT2D eigenvalue weighted by atomic mass is 9.85. The molecule has 0 bridgehead atoms. The number of carbonyl (C=O) groups excluding carboxylic acids is 4. The average molecular weight is 912 g/mol. The number of alkyl halides is 1. The van der Waals surface area contributed by atoms with Gasteiger partial charge >= 0.3 is 0 Å². The number of aryl methyl sites for hydroxylation is 1. The monoisotopic (exact) mass is 911 g/mol. The standard InChI is InChI=1S/C48H58FN7O8S/c1-30-41(65-29-51-30)33-11-13-35(26-50-44(59)39-25-36(57)28-56(39)45(60)42(47(2,3)4)52-46(61)48(49)15-16-48)40(24-33)64-20-7-17-54(5)27-31-8-6-9-37(22-31)63-21-19-55-18-14-32-10-12-34(23-38(32)55)43(58)53-62/h6,8-14,18,22-24,29,36,39,42,57,62H,7,15-17,19-21,25-28H2,1-5H3,(H,50,59)(H,52,61)(H,53,58)/t36-,39+,42-/m1/s1. The van der Waals surface area contributed by atoms with Crippen molar-refractivity contribution in [1.29, 1.82) is 0 Å². The number of ether oxygens (including phenoxy) is 2. The molecule has 65 heavy (non-hydrogen) atoms. The first-order valence-electron chi connectivity index (χ1n) is 21.9. The molecule has 3 atom stereocenters. The Labute approximate surface area is 381 Å². The third-order valence-corrected chi connectivity index (χ3v) is 12.9. The van der Waals surface area contributed by atoms with Gasteiger partial charge in [0.05, 0.1) is 35.3 Å². The molecule has 1 saturated heterocycles. The highest BCUT2D eigenvalue weighted by molar-refractivity contribution is 7.13. The lowest BCUT2D eigenvalue weighted by Gasteiger charge is -2.35. The van der Waals surface area contributed by atoms with Crippen LogP contribution >= 0.6 is 11.3 Å². The summed E-state index contributed by atoms with van der Waals surface area (Å²) < 4.78 is 29.2. The van der Waals surface area contributed by atoms with Crippen LogP contribution < -0.4 is 25.6 Å². The zero-order valence-electron chi connectivity index (χ0n) is 37.4. The van der Waals surface area contributed by atoms with Crippen LogP contribution in [-0.4, -0.2) is 111 Å². The van der Waals surface area contributed by atoms with E-state index in [2.05, 4.69) is 26.6 Å². The van der Waals surface area contributed by atoms with E-state index in [1.807, 2.05) is 73.3 Å². The first kappa shape index (κ1) is 47.1. The van der Waals surface area contributed by atoms with E-state index < -0.39 is 52.9 Å². The summed E-state index contributed by atoms with van der Waals surface area (Å²) in [4.78, 5) is 61.3. The fraction of sp³-hybridized carbons (Fsp3) is 0.438. The van der Waals surface area contributed by atoms with Crippen molar-refractivity contribution in [2.45, 2.75) is 96.9 Å². The van der Waals surface area contributed by atoms with E-state index in [0.717, 1.165) is 50.5 Å². The molecule has 2 aromatic heterocycles. The van der Waals surface area contributed by atoms with Crippen molar-refractivity contribution in [3.8, 4) is 21.9 Å². The first-order valence-corrected chi connectivity index (χ1v) is 22.8. The Balaban J connectivity index is 0.934. The van der Waals surface area contributed by atoms with Crippen LogP contribution in [0.2, 0.25) is 0 Å². The van der Waals surface area contributed by atoms with Gasteiger partial charge in [0.25, 0.3) is 11.8 Å². The first-order chi connectivity index (χ1) is 31.0. The average Bonchev–Trinajstić information content (AvgIpc) is 3.54. The number of aromatic nitrogens is 2. The van der Waals surface area contributed by atoms with E-state index >= 15 is 0 Å². The van der Waals surface area contributed by atoms with Crippen LogP contribution in [0.4, 0.5) is 4.39 Å². The summed E-state index contributed by atoms with van der Waals surface area (Å²) in [6.45, 7) is 10.0. The van der Waals surface area contributed by atoms with E-state index in [1.165, 1.54) is 16.2 Å². The number of carbonyl (C=O) groups is 4. The molecule has 346 valence electrons. The highest BCUT2D eigenvalue weighted by atomic mass is 32.1. The van der Waals surface area contributed by atoms with Crippen LogP contribution in [-0.2, 0) is 34.0 Å². The Bertz CT molecular complexity index is 2520. The van der Waals surface area contributed by atoms with Gasteiger partial charge in [0, 0.05) is 55.4 Å². The van der Waals surface area contributed by atoms with Crippen LogP contribution in [0.3, 0.4) is 0 Å². The largest absolute Gasteiger partial charge is 0.493 e. The number of hydrogen-bond acceptors (Lipinski definition) is 11. The third-order valence-electron chi connectivity index (χ3n) is 11.9. The van der Waals surface area contributed by atoms with Crippen molar-refractivity contribution < 1.29 is 43.4 Å². The number of halogens is 1. The number of amides is 4. The van der Waals surface area contributed by atoms with Gasteiger partial charge in [-0.2, -0.15) is 0 Å². The summed E-state index contributed by atoms with van der Waals surface area (Å²) >= 11 is 1.53. The summed E-state index contributed by atoms with van der Waals surface area (Å²) in [5.74, 6) is -1.05. The highest BCUT2D eigenvalue weighted by Crippen LogP contribution is 2.40. The fourth-order valence-corrected chi connectivity index (χ4v) is 8.86. The number of fused-ring (bicyclic) bond motifs is 1. The van der Waals surface area contributed by atoms with Crippen molar-refractivity contribution in [3.05, 3.63) is 101 Å². The molecule has 0 radical (unpaired) electrons. The van der Waals surface area contributed by atoms with Crippen molar-refractivity contribution in [3.63, 3.8) is 0 Å². The van der Waals surface area contributed by atoms with Crippen LogP contribution in [0.1, 0.15) is 73.6 Å². The van der Waals surface area contributed by atoms with Gasteiger partial charge < -0.3 is 39.6 Å². The summed E-state index contributed by atoms with van der Waals surface area (Å²) in [7, 11) is 2.04. The maximum absolute atomic E-state index is 14.6. The minimum absolute atomic E-state index is 0.0242. The predicted octanol–water partition coefficient (Wildman–Crippen LogP) is 5.78. The minimum Gasteiger partial charge on any atom is -0.493 e. The topological polar surface area (TPSA) is 188 Å². The van der Waals surface area contributed by atoms with E-state index in [1.54, 1.807) is 43.9 Å². The van der Waals surface area contributed by atoms with E-state index in [4.69, 9.17) is 14.7 Å². The number of β-amino-alcohol motifs (C(OH)–C–C–N with tert-alkyl or cyclic N) is 1. The zero-order chi connectivity index (χ0) is 46.5. The molecule has 1 aliphatic heterocycles. The molecule has 5 N–H and O–H groups in total. The van der Waals surface area contributed by atoms with Crippen LogP contribution in [0.15, 0.2) is 78.4 Å². The van der Waals surface area contributed by atoms with Gasteiger partial charge in [-0.15, -0.1) is 11.3 Å². The number of nitrogens with zero attached hydrogens (tertiary/aromatic N) is 4. The Morgan fingerprint density at radius 3 is 2.57 bits per heavy atom. The van der Waals surface area contributed by atoms with E-state index in [-0.39, 0.29) is 32.4 Å². The number of rotatable bonds is 19. The lowest BCUT2D eigenvalue weighted by Crippen LogP contribution is -2.59. The Morgan fingerprint density at radius 1 is 1.05 bits per heavy atom. The van der Waals surface area contributed by atoms with E-state index in [0.29, 0.717) is 44.0 Å². The predicted molar refractivity (Wildman–Crippen MR) is 244 cm³/mol. The van der Waals surface area contributed by atoms with E-state index in [9.17, 15) is 28.7 Å². The molecule has 0 unspecified atom stereocenters. The number of thiazole rings is 1. The quantitative estimate of drug-likeness (QED) is 0.0386. The maximum atomic E-state index is 14.6. The molecule has 1 aliphatic carbocycles. The van der Waals surface area contributed by atoms with Crippen LogP contribution in [0.25, 0.3) is 21.3 Å². The Kier molecular flexibility index (Phi) is 14.6. The van der Waals surface area contributed by atoms with Crippen molar-refractivity contribution in [2.75, 3.05) is 33.4 Å². The van der Waals surface area contributed by atoms with Gasteiger partial charge in [0.2, 0.25) is 11.8 Å². The molecule has 0 spiro atoms. The molecule has 7 rings (SSSR count). The SMILES string of the molecule is Cc1ncsc1-c1ccc(CNC(=O)[C@@H]2C[C@@H](O)CN2C(=O)[C@@H](NC(=O)C2(F)CC2)C(C)(C)C)c(OCCCN(C)Cc2cccc(OCCn3ccc4ccc(C(=O)NO)cc43)c2)c1. The van der Waals surface area contributed by atoms with Gasteiger partial charge in [0.1, 0.15) is 30.2 Å². The van der Waals surface area contributed by atoms with Gasteiger partial charge in [-0.25, -0.2) is 14.9 Å². The number of benzene rings is 3. The van der Waals surface area contributed by atoms with Crippen molar-refractivity contribution in [2.24, 2.45) is 5.41 Å². The van der Waals surface area contributed by atoms with Gasteiger partial charge in [-0.3, -0.25) is 24.4 Å². The molecule has 5 aromatic rings. The molecular weight excluding hydrogens is 854 g/mol. The summed E-state index contributed by atoms with van der Waals surface area (Å²) in [5, 5.41) is 26.2. The third kappa shape index (κ3) is 11.5. The molecule has 3 aromatic carbocycles. The molecule has 3 heterocycles. The Morgan fingerprint density at radius 2 is 1.85 bits per heavy atom. The Hall–Kier alpha value is -5.88. The smallest absolute Gasteiger partial charge is 0.274 e. The summed E-state index contributed by atoms with van der Waals surface area (Å²) in [6, 6.07) is 18.9. The van der Waals surface area contributed by atoms with Crippen molar-refractivity contribution in [1.82, 2.24) is 35.5 Å². The molecule has 4 amide bonds. The second-order valence-electron chi connectivity index (χ2n) is 18.1. The normalized spacial score (nSPS) is 17.2. The summed E-state index contributed by atoms with van der Waals surface area (Å²) in [6.07, 6.45) is 1.94. The highest BCUT2D eigenvalue weighted by Gasteiger charge is 2.53. The lowest BCUT2D eigenvalue weighted by molar-refractivity contribution is -0.145. The molecule has 2 aliphatic rings. The molecule has 17 heteroatoms. The summed E-state index contributed by atoms with van der Waals surface area (Å²) in [5.41, 5.74) is 5.58. The number of hydroxylamine groups is 1. The number of hydrogen-bond donors (Lipinski definition) is 5. The zero-order valence-corrected chi connectivity index (χ0v) is 38.3. The maximum Gasteiger partial charge on any atom is 0.274 e. The number of aliphatic hydroxyl groups is 1.